The fraction of sp³-hybridized carbons (Fsp3) is 0.617. The van der Waals surface area contributed by atoms with Gasteiger partial charge in [0.05, 0.1) is 31.7 Å². The quantitative estimate of drug-likeness (QED) is 0.0295. The molecule has 1 aromatic carbocycles. The summed E-state index contributed by atoms with van der Waals surface area (Å²) in [7, 11) is 1.41. The number of thiazole rings is 3. The van der Waals surface area contributed by atoms with E-state index in [9.17, 15) is 68.5 Å². The molecule has 0 saturated heterocycles. The van der Waals surface area contributed by atoms with Gasteiger partial charge in [-0.1, -0.05) is 315 Å². The first-order chi connectivity index (χ1) is 63.7. The number of carbonyl (C=O) groups excluding carboxylic acids is 11. The van der Waals surface area contributed by atoms with Crippen LogP contribution in [0.2, 0.25) is 0 Å². The molecule has 136 heavy (non-hydrogen) atoms. The van der Waals surface area contributed by atoms with Crippen LogP contribution in [0, 0.1) is 68.5 Å². The minimum Gasteiger partial charge on any atom is -0.348 e. The lowest BCUT2D eigenvalue weighted by Gasteiger charge is -2.37. The molecule has 6 heterocycles. The first-order valence-electron chi connectivity index (χ1n) is 49.2. The van der Waals surface area contributed by atoms with E-state index in [2.05, 4.69) is 125 Å². The summed E-state index contributed by atoms with van der Waals surface area (Å²) in [4.78, 5) is 173. The zero-order valence-corrected chi connectivity index (χ0v) is 90.2. The molecule has 0 radical (unpaired) electrons. The molecule has 4 aromatic rings. The Labute approximate surface area is 824 Å². The highest BCUT2D eigenvalue weighted by atomic mass is 32.1. The summed E-state index contributed by atoms with van der Waals surface area (Å²) in [6.07, 6.45) is 27.7. The Kier molecular flexibility index (Phi) is 44.3. The fourth-order valence-electron chi connectivity index (χ4n) is 16.2. The summed E-state index contributed by atoms with van der Waals surface area (Å²) in [5.41, 5.74) is -0.129. The first-order valence-corrected chi connectivity index (χ1v) is 51.6. The van der Waals surface area contributed by atoms with Crippen LogP contribution in [0.4, 0.5) is 15.4 Å². The van der Waals surface area contributed by atoms with Crippen LogP contribution in [0.1, 0.15) is 378 Å². The van der Waals surface area contributed by atoms with E-state index in [1.165, 1.54) is 100 Å². The largest absolute Gasteiger partial charge is 0.348 e. The number of hydrogen-bond acceptors (Lipinski definition) is 23. The number of unbranched alkanes of at least 4 members (excludes halogenated alkanes) is 6. The minimum absolute atomic E-state index is 0.0487. The van der Waals surface area contributed by atoms with Gasteiger partial charge in [-0.25, -0.2) is 20.0 Å². The van der Waals surface area contributed by atoms with Gasteiger partial charge in [-0.15, -0.1) is 0 Å². The molecule has 3 aliphatic heterocycles. The average molecular weight is 1930 g/mol. The van der Waals surface area contributed by atoms with Crippen molar-refractivity contribution in [1.29, 1.82) is 15.8 Å². The van der Waals surface area contributed by atoms with Crippen molar-refractivity contribution in [3.05, 3.63) is 118 Å². The summed E-state index contributed by atoms with van der Waals surface area (Å²) in [5.74, 6) is -6.54. The molecule has 0 saturated carbocycles. The Morgan fingerprint density at radius 1 is 0.390 bits per heavy atom. The van der Waals surface area contributed by atoms with Crippen LogP contribution >= 0.6 is 34.0 Å². The van der Waals surface area contributed by atoms with Crippen LogP contribution < -0.4 is 14.7 Å². The molecule has 0 spiro atoms. The Hall–Kier alpha value is -10.4. The fourth-order valence-corrected chi connectivity index (χ4v) is 20.0. The summed E-state index contributed by atoms with van der Waals surface area (Å²) in [5, 5.41) is 36.6. The van der Waals surface area contributed by atoms with Gasteiger partial charge in [0.25, 0.3) is 47.3 Å². The standard InChI is InChI=1S/C38H59N5O4S.C37H59N5O3S.C32H39N5O4S/c1-13-17-19-27(15-3)23-41(24-28(16-4)20-18-14-2)36-40-32(37(7,8)9)31(48-36)21-29-25(5)30(22-39)34(46)43(33(29)45)42(26(6)44)35(47)38(10,11)12;1-13-17-19-26(15-3)23-41(24-27(16-4)20-18-14-2)35-39-31(36(6,7)8)30(46-35)21-28-25(5)29(22-38)33(44)42(32(28)43)40(12)34(45)37(9,10)11;1-8-10-17-35(18-11-9-2)31-34-27(32(5,6)7)26(42-31)19-24-21(3)25(20-33)30(41)37(29(24)40)36(22(4)38)28(39)23-15-13-12-14-16-23/h21,27-28H,13-20,23-24H2,1-12H3;21,26-27H,13-20,23-24H2,1-12H3;12-16,19H,8-11,17-18H2,1-7H3/b29-21-;28-21-;24-19-. The van der Waals surface area contributed by atoms with Gasteiger partial charge in [0, 0.05) is 110 Å². The highest BCUT2D eigenvalue weighted by Crippen LogP contribution is 2.44. The van der Waals surface area contributed by atoms with E-state index < -0.39 is 75.8 Å². The van der Waals surface area contributed by atoms with E-state index in [0.29, 0.717) is 54.2 Å². The van der Waals surface area contributed by atoms with Gasteiger partial charge in [0.2, 0.25) is 17.7 Å². The monoisotopic (exact) mass is 1920 g/mol. The summed E-state index contributed by atoms with van der Waals surface area (Å²) in [6.45, 7) is 63.3. The number of anilines is 3. The molecule has 7 rings (SSSR count). The number of nitriles is 3. The summed E-state index contributed by atoms with van der Waals surface area (Å²) in [6, 6.07) is 13.7. The number of amides is 11. The van der Waals surface area contributed by atoms with Crippen LogP contribution in [0.3, 0.4) is 0 Å². The van der Waals surface area contributed by atoms with Gasteiger partial charge >= 0.3 is 0 Å². The molecular weight excluding hydrogens is 1770 g/mol. The van der Waals surface area contributed by atoms with Crippen LogP contribution in [0.15, 0.2) is 80.5 Å². The number of aromatic nitrogens is 3. The Balaban J connectivity index is 0.000000361. The highest BCUT2D eigenvalue weighted by molar-refractivity contribution is 7.17. The zero-order valence-electron chi connectivity index (χ0n) is 87.7. The third-order valence-electron chi connectivity index (χ3n) is 24.8. The molecule has 0 aliphatic carbocycles. The third kappa shape index (κ3) is 29.8. The van der Waals surface area contributed by atoms with Crippen molar-refractivity contribution in [2.24, 2.45) is 34.5 Å². The van der Waals surface area contributed by atoms with E-state index in [1.807, 2.05) is 39.0 Å². The van der Waals surface area contributed by atoms with E-state index >= 15 is 0 Å². The Morgan fingerprint density at radius 3 is 0.919 bits per heavy atom. The average Bonchev–Trinajstić information content (AvgIpc) is 1.10. The lowest BCUT2D eigenvalue weighted by molar-refractivity contribution is -0.180. The van der Waals surface area contributed by atoms with Gasteiger partial charge < -0.3 is 14.7 Å². The molecule has 4 atom stereocenters. The molecule has 0 N–H and O–H groups in total. The number of hydrazine groups is 3. The molecule has 0 bridgehead atoms. The number of benzene rings is 1. The van der Waals surface area contributed by atoms with Crippen molar-refractivity contribution in [2.75, 3.05) is 61.0 Å². The van der Waals surface area contributed by atoms with Crippen molar-refractivity contribution >= 4 is 133 Å². The predicted molar refractivity (Wildman–Crippen MR) is 549 cm³/mol. The van der Waals surface area contributed by atoms with Gasteiger partial charge in [0.1, 0.15) is 34.9 Å². The number of imide groups is 5. The normalized spacial score (nSPS) is 15.9. The molecule has 4 unspecified atom stereocenters. The predicted octanol–water partition coefficient (Wildman–Crippen LogP) is 23.3. The summed E-state index contributed by atoms with van der Waals surface area (Å²) >= 11 is 4.53. The Morgan fingerprint density at radius 2 is 0.662 bits per heavy atom. The summed E-state index contributed by atoms with van der Waals surface area (Å²) < 4.78 is 0. The van der Waals surface area contributed by atoms with Crippen molar-refractivity contribution in [1.82, 2.24) is 45.0 Å². The molecule has 29 heteroatoms. The van der Waals surface area contributed by atoms with Crippen molar-refractivity contribution in [2.45, 2.75) is 352 Å². The Bertz CT molecular complexity index is 5210. The number of hydrogen-bond donors (Lipinski definition) is 0. The smallest absolute Gasteiger partial charge is 0.291 e. The second kappa shape index (κ2) is 51.8. The maximum atomic E-state index is 14.2. The van der Waals surface area contributed by atoms with Crippen LogP contribution in [-0.2, 0) is 64.2 Å². The van der Waals surface area contributed by atoms with Gasteiger partial charge in [-0.2, -0.15) is 40.8 Å². The van der Waals surface area contributed by atoms with E-state index in [0.717, 1.165) is 182 Å². The van der Waals surface area contributed by atoms with Crippen molar-refractivity contribution < 1.29 is 52.7 Å². The van der Waals surface area contributed by atoms with Crippen LogP contribution in [0.5, 0.6) is 0 Å². The lowest BCUT2D eigenvalue weighted by atomic mass is 9.89. The lowest BCUT2D eigenvalue weighted by Crippen LogP contribution is -2.59. The molecule has 26 nitrogen and oxygen atoms in total. The highest BCUT2D eigenvalue weighted by Gasteiger charge is 2.49. The molecule has 0 fully saturated rings. The third-order valence-corrected chi connectivity index (χ3v) is 28.0. The van der Waals surface area contributed by atoms with Crippen LogP contribution in [-0.4, -0.2) is 156 Å². The number of rotatable bonds is 40. The molecular formula is C107H157N15O11S3. The minimum atomic E-state index is -1.07. The van der Waals surface area contributed by atoms with Crippen molar-refractivity contribution in [3.63, 3.8) is 0 Å². The maximum Gasteiger partial charge on any atom is 0.291 e. The van der Waals surface area contributed by atoms with Gasteiger partial charge in [-0.05, 0) is 130 Å². The molecule has 3 aromatic heterocycles. The molecule has 11 amide bonds. The molecule has 744 valence electrons. The van der Waals surface area contributed by atoms with Crippen LogP contribution in [0.25, 0.3) is 18.2 Å². The van der Waals surface area contributed by atoms with Gasteiger partial charge in [0.15, 0.2) is 15.4 Å². The topological polar surface area (TPSA) is 327 Å². The zero-order chi connectivity index (χ0) is 103. The molecule has 3 aliphatic rings. The maximum absolute atomic E-state index is 14.2. The SMILES string of the molecule is CCCCC(CC)CN(CC(CC)CCCC)c1nc(C(C)(C)C)c(/C=C2\C(=O)N(N(C(C)=O)C(=O)C(C)(C)C)C(=O)C(C#N)=C2C)s1.CCCCC(CC)CN(CC(CC)CCCC)c1nc(C(C)(C)C)c(/C=C2\C(=O)N(N(C)C(=O)C(C)(C)C)C(=O)C(C#N)=C2C)s1.CCCCN(CCCC)c1nc(C(C)(C)C)c(/C=C2\C(=O)N(N(C(C)=O)C(=O)c3ccccc3)C(=O)C(C#N)=C2C)s1. The number of nitrogens with zero attached hydrogens (tertiary/aromatic N) is 15. The van der Waals surface area contributed by atoms with Crippen molar-refractivity contribution in [3.8, 4) is 18.2 Å². The number of carbonyl (C=O) groups is 11. The second-order valence-corrected chi connectivity index (χ2v) is 44.3. The van der Waals surface area contributed by atoms with E-state index in [4.69, 9.17) is 15.0 Å². The second-order valence-electron chi connectivity index (χ2n) is 41.3. The van der Waals surface area contributed by atoms with E-state index in [1.54, 1.807) is 103 Å². The van der Waals surface area contributed by atoms with E-state index in [-0.39, 0.29) is 66.4 Å². The first kappa shape index (κ1) is 116. The van der Waals surface area contributed by atoms with Gasteiger partial charge in [-0.3, -0.25) is 52.7 Å².